The molecule has 0 rings (SSSR count). The van der Waals surface area contributed by atoms with Gasteiger partial charge in [0.05, 0.1) is 5.41 Å². The molecule has 0 fully saturated rings. The number of carbonyl (C=O) groups excluding carboxylic acids is 1. The number of aliphatic hydroxyl groups is 1. The van der Waals surface area contributed by atoms with Gasteiger partial charge in [-0.05, 0) is 26.8 Å². The zero-order valence-corrected chi connectivity index (χ0v) is 6.01. The largest absolute Gasteiger partial charge is 0.512 e. The molecule has 0 aromatic carbocycles. The van der Waals surface area contributed by atoms with E-state index < -0.39 is 5.41 Å². The van der Waals surface area contributed by atoms with Gasteiger partial charge in [-0.15, -0.1) is 0 Å². The number of aliphatic hydroxyl groups excluding tert-OH is 1. The van der Waals surface area contributed by atoms with Crippen LogP contribution in [-0.4, -0.2) is 11.4 Å². The summed E-state index contributed by atoms with van der Waals surface area (Å²) in [6.07, 6.45) is 2.25. The molecule has 0 aliphatic rings. The molecule has 0 saturated heterocycles. The van der Waals surface area contributed by atoms with E-state index in [9.17, 15) is 4.79 Å². The van der Waals surface area contributed by atoms with Crippen molar-refractivity contribution in [3.8, 4) is 0 Å². The highest BCUT2D eigenvalue weighted by molar-refractivity contribution is 5.62. The summed E-state index contributed by atoms with van der Waals surface area (Å²) in [4.78, 5) is 10.2. The van der Waals surface area contributed by atoms with Gasteiger partial charge in [-0.2, -0.15) is 0 Å². The zero-order chi connectivity index (χ0) is 7.49. The molecule has 0 heterocycles. The van der Waals surface area contributed by atoms with Crippen LogP contribution in [0.25, 0.3) is 0 Å². The van der Waals surface area contributed by atoms with Crippen LogP contribution in [-0.2, 0) is 4.79 Å². The fourth-order valence-corrected chi connectivity index (χ4v) is 0.432. The lowest BCUT2D eigenvalue weighted by Gasteiger charge is -2.14. The summed E-state index contributed by atoms with van der Waals surface area (Å²) in [5, 5.41) is 9.02. The second-order valence-corrected chi connectivity index (χ2v) is 2.51. The number of hydrogen-bond acceptors (Lipinski definition) is 2. The van der Waals surface area contributed by atoms with Crippen LogP contribution in [0.4, 0.5) is 0 Å². The SMILES string of the molecule is CC=C(O)C(C)(C)C=O. The van der Waals surface area contributed by atoms with Crippen molar-refractivity contribution in [2.75, 3.05) is 0 Å². The fourth-order valence-electron chi connectivity index (χ4n) is 0.432. The Labute approximate surface area is 55.2 Å². The van der Waals surface area contributed by atoms with Gasteiger partial charge in [0.15, 0.2) is 0 Å². The normalized spacial score (nSPS) is 13.4. The smallest absolute Gasteiger partial charge is 0.133 e. The van der Waals surface area contributed by atoms with Crippen molar-refractivity contribution < 1.29 is 9.90 Å². The molecule has 2 nitrogen and oxygen atoms in total. The summed E-state index contributed by atoms with van der Waals surface area (Å²) in [6, 6.07) is 0. The van der Waals surface area contributed by atoms with Crippen LogP contribution in [0.2, 0.25) is 0 Å². The second-order valence-electron chi connectivity index (χ2n) is 2.51. The molecule has 9 heavy (non-hydrogen) atoms. The Morgan fingerprint density at radius 2 is 2.00 bits per heavy atom. The van der Waals surface area contributed by atoms with E-state index in [-0.39, 0.29) is 5.76 Å². The van der Waals surface area contributed by atoms with Crippen LogP contribution in [0.1, 0.15) is 20.8 Å². The molecule has 2 heteroatoms. The molecule has 0 saturated carbocycles. The first kappa shape index (κ1) is 8.21. The molecule has 52 valence electrons. The van der Waals surface area contributed by atoms with Gasteiger partial charge in [0.1, 0.15) is 12.0 Å². The van der Waals surface area contributed by atoms with Crippen LogP contribution in [0.5, 0.6) is 0 Å². The highest BCUT2D eigenvalue weighted by atomic mass is 16.3. The number of aldehydes is 1. The minimum atomic E-state index is -0.714. The Bertz CT molecular complexity index is 134. The molecule has 0 radical (unpaired) electrons. The topological polar surface area (TPSA) is 37.3 Å². The Morgan fingerprint density at radius 3 is 2.11 bits per heavy atom. The lowest BCUT2D eigenvalue weighted by molar-refractivity contribution is -0.114. The van der Waals surface area contributed by atoms with E-state index >= 15 is 0 Å². The summed E-state index contributed by atoms with van der Waals surface area (Å²) in [6.45, 7) is 5.02. The third-order valence-corrected chi connectivity index (χ3v) is 1.23. The number of carbonyl (C=O) groups is 1. The van der Waals surface area contributed by atoms with Crippen LogP contribution in [0.3, 0.4) is 0 Å². The molecule has 0 aliphatic heterocycles. The molecule has 0 bridgehead atoms. The molecular formula is C7H12O2. The number of hydrogen-bond donors (Lipinski definition) is 1. The minimum Gasteiger partial charge on any atom is -0.512 e. The van der Waals surface area contributed by atoms with Crippen molar-refractivity contribution in [3.63, 3.8) is 0 Å². The molecule has 0 amide bonds. The zero-order valence-electron chi connectivity index (χ0n) is 6.01. The Hall–Kier alpha value is -0.790. The van der Waals surface area contributed by atoms with Crippen molar-refractivity contribution in [1.82, 2.24) is 0 Å². The third-order valence-electron chi connectivity index (χ3n) is 1.23. The Morgan fingerprint density at radius 1 is 1.56 bits per heavy atom. The number of allylic oxidation sites excluding steroid dienone is 2. The fraction of sp³-hybridized carbons (Fsp3) is 0.571. The molecule has 0 aromatic heterocycles. The average Bonchev–Trinajstić information content (AvgIpc) is 1.86. The maximum atomic E-state index is 10.2. The predicted octanol–water partition coefficient (Wildman–Crippen LogP) is 1.67. The molecule has 0 unspecified atom stereocenters. The van der Waals surface area contributed by atoms with Gasteiger partial charge in [-0.1, -0.05) is 0 Å². The average molecular weight is 128 g/mol. The van der Waals surface area contributed by atoms with E-state index in [4.69, 9.17) is 5.11 Å². The van der Waals surface area contributed by atoms with Gasteiger partial charge in [-0.25, -0.2) is 0 Å². The van der Waals surface area contributed by atoms with Crippen molar-refractivity contribution >= 4 is 6.29 Å². The van der Waals surface area contributed by atoms with Crippen molar-refractivity contribution in [3.05, 3.63) is 11.8 Å². The van der Waals surface area contributed by atoms with Gasteiger partial charge in [0, 0.05) is 0 Å². The van der Waals surface area contributed by atoms with Crippen LogP contribution >= 0.6 is 0 Å². The van der Waals surface area contributed by atoms with E-state index in [0.717, 1.165) is 6.29 Å². The highest BCUT2D eigenvalue weighted by Crippen LogP contribution is 2.19. The summed E-state index contributed by atoms with van der Waals surface area (Å²) in [7, 11) is 0. The van der Waals surface area contributed by atoms with Crippen molar-refractivity contribution in [2.24, 2.45) is 5.41 Å². The van der Waals surface area contributed by atoms with E-state index in [1.165, 1.54) is 6.08 Å². The van der Waals surface area contributed by atoms with E-state index in [2.05, 4.69) is 0 Å². The van der Waals surface area contributed by atoms with Crippen molar-refractivity contribution in [1.29, 1.82) is 0 Å². The minimum absolute atomic E-state index is 0.123. The van der Waals surface area contributed by atoms with E-state index in [1.54, 1.807) is 20.8 Å². The van der Waals surface area contributed by atoms with Gasteiger partial charge in [0.25, 0.3) is 0 Å². The summed E-state index contributed by atoms with van der Waals surface area (Å²) in [5.41, 5.74) is -0.714. The second kappa shape index (κ2) is 2.67. The lowest BCUT2D eigenvalue weighted by Crippen LogP contribution is -2.15. The maximum Gasteiger partial charge on any atom is 0.133 e. The Kier molecular flexibility index (Phi) is 2.43. The third kappa shape index (κ3) is 1.88. The van der Waals surface area contributed by atoms with E-state index in [1.807, 2.05) is 0 Å². The van der Waals surface area contributed by atoms with Crippen molar-refractivity contribution in [2.45, 2.75) is 20.8 Å². The summed E-state index contributed by atoms with van der Waals surface area (Å²) in [5.74, 6) is 0.123. The first-order valence-corrected chi connectivity index (χ1v) is 2.86. The quantitative estimate of drug-likeness (QED) is 0.453. The molecular weight excluding hydrogens is 116 g/mol. The first-order chi connectivity index (χ1) is 4.04. The molecule has 0 aromatic rings. The van der Waals surface area contributed by atoms with Gasteiger partial charge >= 0.3 is 0 Å². The maximum absolute atomic E-state index is 10.2. The number of rotatable bonds is 2. The summed E-state index contributed by atoms with van der Waals surface area (Å²) < 4.78 is 0. The molecule has 0 atom stereocenters. The Balaban J connectivity index is 4.32. The predicted molar refractivity (Wildman–Crippen MR) is 36.2 cm³/mol. The van der Waals surface area contributed by atoms with E-state index in [0.29, 0.717) is 0 Å². The van der Waals surface area contributed by atoms with Gasteiger partial charge in [-0.3, -0.25) is 0 Å². The highest BCUT2D eigenvalue weighted by Gasteiger charge is 2.20. The molecule has 1 N–H and O–H groups in total. The molecule has 0 spiro atoms. The monoisotopic (exact) mass is 128 g/mol. The standard InChI is InChI=1S/C7H12O2/c1-4-6(9)7(2,3)5-8/h4-5,9H,1-3H3. The van der Waals surface area contributed by atoms with Crippen LogP contribution in [0, 0.1) is 5.41 Å². The van der Waals surface area contributed by atoms with Gasteiger partial charge < -0.3 is 9.90 Å². The molecule has 0 aliphatic carbocycles. The first-order valence-electron chi connectivity index (χ1n) is 2.86. The lowest BCUT2D eigenvalue weighted by atomic mass is 9.93. The van der Waals surface area contributed by atoms with Crippen LogP contribution in [0.15, 0.2) is 11.8 Å². The van der Waals surface area contributed by atoms with Gasteiger partial charge in [0.2, 0.25) is 0 Å². The van der Waals surface area contributed by atoms with Crippen LogP contribution < -0.4 is 0 Å². The summed E-state index contributed by atoms with van der Waals surface area (Å²) >= 11 is 0.